The lowest BCUT2D eigenvalue weighted by Gasteiger charge is -2.36. The minimum Gasteiger partial charge on any atom is -0.374 e. The van der Waals surface area contributed by atoms with Crippen molar-refractivity contribution in [3.05, 3.63) is 131 Å². The van der Waals surface area contributed by atoms with Crippen LogP contribution in [0.15, 0.2) is 109 Å². The van der Waals surface area contributed by atoms with Crippen LogP contribution in [0, 0.1) is 0 Å². The summed E-state index contributed by atoms with van der Waals surface area (Å²) >= 11 is 0. The van der Waals surface area contributed by atoms with E-state index in [2.05, 4.69) is 57.4 Å². The second-order valence-corrected chi connectivity index (χ2v) is 10.6. The summed E-state index contributed by atoms with van der Waals surface area (Å²) in [5, 5.41) is 16.6. The first-order valence-electron chi connectivity index (χ1n) is 14.1. The number of halogens is 1. The van der Waals surface area contributed by atoms with Crippen LogP contribution in [-0.2, 0) is 6.42 Å². The van der Waals surface area contributed by atoms with Gasteiger partial charge in [-0.1, -0.05) is 60.7 Å². The Morgan fingerprint density at radius 2 is 1.95 bits per heavy atom. The molecule has 2 aliphatic carbocycles. The molecule has 0 bridgehead atoms. The molecule has 0 spiro atoms. The predicted molar refractivity (Wildman–Crippen MR) is 154 cm³/mol. The van der Waals surface area contributed by atoms with Crippen molar-refractivity contribution in [1.29, 1.82) is 0 Å². The molecule has 1 aromatic carbocycles. The number of aliphatic hydroxyl groups is 1. The molecule has 0 saturated carbocycles. The standard InChI is InChI=1S/C33H34FN5O/c34-28-16-14-25(15-17-28)30-22-31(39(37-30)33-35-18-8-19-36-33)27-12-7-20-38(23-27)32(40)29-13-6-5-11-26(29)21-24-9-3-1-2-4-10-24/h1,3-6,8-11,13-14,16-19,22,25,27,32,40H,2,7,12,15,20-21,23H2. The van der Waals surface area contributed by atoms with Gasteiger partial charge in [0.05, 0.1) is 11.4 Å². The van der Waals surface area contributed by atoms with Crippen LogP contribution in [0.3, 0.4) is 0 Å². The molecule has 6 rings (SSSR count). The number of piperidine rings is 1. The molecule has 1 N–H and O–H groups in total. The van der Waals surface area contributed by atoms with Gasteiger partial charge in [-0.05, 0) is 73.1 Å². The highest BCUT2D eigenvalue weighted by Gasteiger charge is 2.31. The second kappa shape index (κ2) is 12.1. The normalized spacial score (nSPS) is 22.1. The first-order chi connectivity index (χ1) is 19.7. The van der Waals surface area contributed by atoms with Crippen LogP contribution in [0.1, 0.15) is 66.3 Å². The zero-order chi connectivity index (χ0) is 27.3. The van der Waals surface area contributed by atoms with E-state index >= 15 is 0 Å². The third-order valence-electron chi connectivity index (χ3n) is 7.93. The summed E-state index contributed by atoms with van der Waals surface area (Å²) in [7, 11) is 0. The van der Waals surface area contributed by atoms with Crippen LogP contribution in [0.5, 0.6) is 0 Å². The summed E-state index contributed by atoms with van der Waals surface area (Å²) in [5.74, 6) is 0.454. The van der Waals surface area contributed by atoms with Crippen molar-refractivity contribution < 1.29 is 9.50 Å². The number of nitrogens with zero attached hydrogens (tertiary/aromatic N) is 5. The molecule has 3 unspecified atom stereocenters. The Kier molecular flexibility index (Phi) is 7.93. The molecule has 3 heterocycles. The summed E-state index contributed by atoms with van der Waals surface area (Å²) in [4.78, 5) is 11.1. The smallest absolute Gasteiger partial charge is 0.250 e. The highest BCUT2D eigenvalue weighted by molar-refractivity contribution is 5.38. The zero-order valence-corrected chi connectivity index (χ0v) is 22.5. The van der Waals surface area contributed by atoms with Gasteiger partial charge in [0.1, 0.15) is 12.1 Å². The molecular weight excluding hydrogens is 501 g/mol. The Hall–Kier alpha value is -3.94. The van der Waals surface area contributed by atoms with Gasteiger partial charge in [0, 0.05) is 37.3 Å². The number of rotatable bonds is 7. The second-order valence-electron chi connectivity index (χ2n) is 10.6. The Labute approximate surface area is 234 Å². The number of aliphatic hydroxyl groups excluding tert-OH is 1. The molecule has 1 fully saturated rings. The lowest BCUT2D eigenvalue weighted by molar-refractivity contribution is -0.0161. The van der Waals surface area contributed by atoms with E-state index in [1.54, 1.807) is 24.5 Å². The molecule has 2 aromatic heterocycles. The van der Waals surface area contributed by atoms with Gasteiger partial charge in [-0.3, -0.25) is 4.90 Å². The Bertz CT molecular complexity index is 1490. The average molecular weight is 536 g/mol. The Balaban J connectivity index is 1.27. The van der Waals surface area contributed by atoms with Gasteiger partial charge < -0.3 is 5.11 Å². The van der Waals surface area contributed by atoms with Gasteiger partial charge in [0.2, 0.25) is 0 Å². The Morgan fingerprint density at radius 3 is 2.80 bits per heavy atom. The van der Waals surface area contributed by atoms with Crippen molar-refractivity contribution in [2.45, 2.75) is 50.2 Å². The monoisotopic (exact) mass is 535 g/mol. The van der Waals surface area contributed by atoms with E-state index in [9.17, 15) is 9.50 Å². The fourth-order valence-electron chi connectivity index (χ4n) is 5.84. The number of hydrogen-bond donors (Lipinski definition) is 1. The maximum atomic E-state index is 13.6. The third kappa shape index (κ3) is 5.81. The van der Waals surface area contributed by atoms with Gasteiger partial charge in [0.15, 0.2) is 0 Å². The van der Waals surface area contributed by atoms with E-state index in [1.165, 1.54) is 11.6 Å². The van der Waals surface area contributed by atoms with E-state index in [4.69, 9.17) is 5.10 Å². The van der Waals surface area contributed by atoms with Crippen molar-refractivity contribution in [3.8, 4) is 5.95 Å². The van der Waals surface area contributed by atoms with Gasteiger partial charge in [-0.15, -0.1) is 0 Å². The topological polar surface area (TPSA) is 67.1 Å². The molecule has 1 aliphatic heterocycles. The molecule has 3 aliphatic rings. The highest BCUT2D eigenvalue weighted by atomic mass is 19.1. The SMILES string of the molecule is OC(c1ccccc1CC1=CC=CCC=C1)N1CCCC(c2cc(C3C=CC(F)=CC3)nn2-c2ncccn2)C1. The van der Waals surface area contributed by atoms with Crippen LogP contribution in [0.4, 0.5) is 4.39 Å². The van der Waals surface area contributed by atoms with E-state index in [0.29, 0.717) is 18.9 Å². The lowest BCUT2D eigenvalue weighted by atomic mass is 9.91. The third-order valence-corrected chi connectivity index (χ3v) is 7.93. The maximum Gasteiger partial charge on any atom is 0.250 e. The summed E-state index contributed by atoms with van der Waals surface area (Å²) in [6.45, 7) is 1.50. The molecule has 3 atom stereocenters. The summed E-state index contributed by atoms with van der Waals surface area (Å²) in [6, 6.07) is 12.1. The molecule has 6 nitrogen and oxygen atoms in total. The highest BCUT2D eigenvalue weighted by Crippen LogP contribution is 2.36. The average Bonchev–Trinajstić information content (AvgIpc) is 3.29. The first-order valence-corrected chi connectivity index (χ1v) is 14.1. The van der Waals surface area contributed by atoms with E-state index in [0.717, 1.165) is 54.7 Å². The maximum absolute atomic E-state index is 13.6. The van der Waals surface area contributed by atoms with Crippen LogP contribution in [0.2, 0.25) is 0 Å². The van der Waals surface area contributed by atoms with E-state index < -0.39 is 6.23 Å². The van der Waals surface area contributed by atoms with Crippen molar-refractivity contribution >= 4 is 0 Å². The number of benzene rings is 1. The van der Waals surface area contributed by atoms with E-state index in [1.807, 2.05) is 29.0 Å². The minimum absolute atomic E-state index is 0.00237. The molecule has 7 heteroatoms. The summed E-state index contributed by atoms with van der Waals surface area (Å²) < 4.78 is 15.5. The number of hydrogen-bond acceptors (Lipinski definition) is 5. The summed E-state index contributed by atoms with van der Waals surface area (Å²) in [5.41, 5.74) is 5.22. The van der Waals surface area contributed by atoms with Crippen molar-refractivity contribution in [2.24, 2.45) is 0 Å². The Morgan fingerprint density at radius 1 is 1.07 bits per heavy atom. The molecule has 3 aromatic rings. The van der Waals surface area contributed by atoms with Gasteiger partial charge >= 0.3 is 0 Å². The zero-order valence-electron chi connectivity index (χ0n) is 22.5. The van der Waals surface area contributed by atoms with Crippen molar-refractivity contribution in [1.82, 2.24) is 24.6 Å². The molecule has 1 saturated heterocycles. The van der Waals surface area contributed by atoms with Gasteiger partial charge in [-0.25, -0.2) is 19.0 Å². The first kappa shape index (κ1) is 26.3. The number of allylic oxidation sites excluding steroid dienone is 10. The molecular formula is C33H34FN5O. The van der Waals surface area contributed by atoms with Gasteiger partial charge in [0.25, 0.3) is 5.95 Å². The molecule has 0 amide bonds. The van der Waals surface area contributed by atoms with Crippen LogP contribution >= 0.6 is 0 Å². The van der Waals surface area contributed by atoms with Crippen molar-refractivity contribution in [3.63, 3.8) is 0 Å². The van der Waals surface area contributed by atoms with Crippen LogP contribution in [0.25, 0.3) is 5.95 Å². The van der Waals surface area contributed by atoms with Gasteiger partial charge in [-0.2, -0.15) is 5.10 Å². The molecule has 0 radical (unpaired) electrons. The number of likely N-dealkylation sites (tertiary alicyclic amines) is 1. The fraction of sp³-hybridized carbons (Fsp3) is 0.303. The largest absolute Gasteiger partial charge is 0.374 e. The quantitative estimate of drug-likeness (QED) is 0.378. The van der Waals surface area contributed by atoms with Crippen LogP contribution < -0.4 is 0 Å². The number of aromatic nitrogens is 4. The lowest BCUT2D eigenvalue weighted by Crippen LogP contribution is -2.38. The molecule has 204 valence electrons. The summed E-state index contributed by atoms with van der Waals surface area (Å²) in [6.07, 6.45) is 22.7. The van der Waals surface area contributed by atoms with Crippen LogP contribution in [-0.4, -0.2) is 42.8 Å². The molecule has 40 heavy (non-hydrogen) atoms. The minimum atomic E-state index is -0.705. The fourth-order valence-corrected chi connectivity index (χ4v) is 5.84. The van der Waals surface area contributed by atoms with Crippen molar-refractivity contribution in [2.75, 3.05) is 13.1 Å². The van der Waals surface area contributed by atoms with E-state index in [-0.39, 0.29) is 17.7 Å². The predicted octanol–water partition coefficient (Wildman–Crippen LogP) is 6.41.